The zero-order valence-corrected chi connectivity index (χ0v) is 18.7. The van der Waals surface area contributed by atoms with Crippen molar-refractivity contribution in [2.75, 3.05) is 32.9 Å². The van der Waals surface area contributed by atoms with Gasteiger partial charge in [-0.2, -0.15) is 0 Å². The zero-order chi connectivity index (χ0) is 21.1. The number of halogens is 1. The summed E-state index contributed by atoms with van der Waals surface area (Å²) in [5.74, 6) is 0.712. The van der Waals surface area contributed by atoms with Gasteiger partial charge in [-0.25, -0.2) is 0 Å². The Balaban J connectivity index is 1.75. The van der Waals surface area contributed by atoms with E-state index in [2.05, 4.69) is 34.1 Å². The standard InChI is InChI=1S/C24H24BrNO4/c1-3-29-22-14-23-20(21(15-30-23)17-4-6-18(25)7-5-17)13-19(22)16(2)12-24(27)26-8-10-28-11-9-26/h4-7,12-15H,3,8-11H2,1-2H3/b16-12+. The highest BCUT2D eigenvalue weighted by molar-refractivity contribution is 9.10. The Bertz CT molecular complexity index is 1080. The van der Waals surface area contributed by atoms with E-state index >= 15 is 0 Å². The molecule has 2 heterocycles. The highest BCUT2D eigenvalue weighted by Gasteiger charge is 2.18. The molecule has 0 aliphatic carbocycles. The van der Waals surface area contributed by atoms with Crippen molar-refractivity contribution in [1.29, 1.82) is 0 Å². The Hall–Kier alpha value is -2.57. The molecule has 0 N–H and O–H groups in total. The third-order valence-corrected chi connectivity index (χ3v) is 5.75. The fourth-order valence-electron chi connectivity index (χ4n) is 3.63. The summed E-state index contributed by atoms with van der Waals surface area (Å²) in [7, 11) is 0. The van der Waals surface area contributed by atoms with Crippen LogP contribution in [0.4, 0.5) is 0 Å². The Labute approximate surface area is 184 Å². The summed E-state index contributed by atoms with van der Waals surface area (Å²) in [5, 5.41) is 0.988. The lowest BCUT2D eigenvalue weighted by molar-refractivity contribution is -0.129. The van der Waals surface area contributed by atoms with Crippen molar-refractivity contribution in [1.82, 2.24) is 4.90 Å². The third kappa shape index (κ3) is 4.30. The number of fused-ring (bicyclic) bond motifs is 1. The Morgan fingerprint density at radius 3 is 2.63 bits per heavy atom. The molecule has 1 aliphatic heterocycles. The van der Waals surface area contributed by atoms with Crippen LogP contribution in [-0.2, 0) is 9.53 Å². The van der Waals surface area contributed by atoms with E-state index in [-0.39, 0.29) is 5.91 Å². The van der Waals surface area contributed by atoms with Gasteiger partial charge in [0.25, 0.3) is 0 Å². The van der Waals surface area contributed by atoms with Crippen LogP contribution in [-0.4, -0.2) is 43.7 Å². The van der Waals surface area contributed by atoms with E-state index in [0.29, 0.717) is 38.7 Å². The van der Waals surface area contributed by atoms with Crippen LogP contribution in [0.3, 0.4) is 0 Å². The fourth-order valence-corrected chi connectivity index (χ4v) is 3.89. The largest absolute Gasteiger partial charge is 0.493 e. The number of carbonyl (C=O) groups excluding carboxylic acids is 1. The lowest BCUT2D eigenvalue weighted by atomic mass is 9.99. The number of carbonyl (C=O) groups is 1. The van der Waals surface area contributed by atoms with Crippen LogP contribution in [0.2, 0.25) is 0 Å². The molecule has 1 amide bonds. The summed E-state index contributed by atoms with van der Waals surface area (Å²) < 4.78 is 18.1. The van der Waals surface area contributed by atoms with Gasteiger partial charge in [0.15, 0.2) is 0 Å². The average Bonchev–Trinajstić information content (AvgIpc) is 3.17. The van der Waals surface area contributed by atoms with Crippen LogP contribution in [0, 0.1) is 0 Å². The van der Waals surface area contributed by atoms with Gasteiger partial charge in [0.1, 0.15) is 11.3 Å². The van der Waals surface area contributed by atoms with Crippen LogP contribution >= 0.6 is 15.9 Å². The molecule has 3 aromatic rings. The van der Waals surface area contributed by atoms with Gasteiger partial charge < -0.3 is 18.8 Å². The van der Waals surface area contributed by atoms with Crippen molar-refractivity contribution in [3.05, 3.63) is 58.8 Å². The van der Waals surface area contributed by atoms with Crippen LogP contribution in [0.25, 0.3) is 27.7 Å². The second-order valence-electron chi connectivity index (χ2n) is 7.20. The van der Waals surface area contributed by atoms with E-state index in [4.69, 9.17) is 13.9 Å². The molecular weight excluding hydrogens is 446 g/mol. The maximum atomic E-state index is 12.7. The molecule has 30 heavy (non-hydrogen) atoms. The Morgan fingerprint density at radius 2 is 1.93 bits per heavy atom. The molecule has 5 nitrogen and oxygen atoms in total. The van der Waals surface area contributed by atoms with Gasteiger partial charge >= 0.3 is 0 Å². The Morgan fingerprint density at radius 1 is 1.20 bits per heavy atom. The summed E-state index contributed by atoms with van der Waals surface area (Å²) in [4.78, 5) is 14.5. The molecule has 1 fully saturated rings. The highest BCUT2D eigenvalue weighted by Crippen LogP contribution is 2.37. The monoisotopic (exact) mass is 469 g/mol. The number of benzene rings is 2. The number of amides is 1. The van der Waals surface area contributed by atoms with Gasteiger partial charge in [-0.15, -0.1) is 0 Å². The maximum Gasteiger partial charge on any atom is 0.247 e. The van der Waals surface area contributed by atoms with Crippen molar-refractivity contribution in [3.8, 4) is 16.9 Å². The topological polar surface area (TPSA) is 51.9 Å². The quantitative estimate of drug-likeness (QED) is 0.461. The molecule has 0 spiro atoms. The summed E-state index contributed by atoms with van der Waals surface area (Å²) in [6, 6.07) is 12.1. The molecule has 2 aromatic carbocycles. The number of morpholine rings is 1. The van der Waals surface area contributed by atoms with E-state index in [1.807, 2.05) is 36.9 Å². The van der Waals surface area contributed by atoms with E-state index in [9.17, 15) is 4.79 Å². The molecule has 0 atom stereocenters. The molecule has 0 bridgehead atoms. The molecule has 4 rings (SSSR count). The predicted octanol–water partition coefficient (Wildman–Crippen LogP) is 5.52. The van der Waals surface area contributed by atoms with Gasteiger partial charge in [0.2, 0.25) is 5.91 Å². The van der Waals surface area contributed by atoms with Crippen LogP contribution < -0.4 is 4.74 Å². The Kier molecular flexibility index (Phi) is 6.25. The summed E-state index contributed by atoms with van der Waals surface area (Å²) in [6.07, 6.45) is 3.46. The van der Waals surface area contributed by atoms with Crippen LogP contribution in [0.15, 0.2) is 57.6 Å². The van der Waals surface area contributed by atoms with Gasteiger partial charge in [0, 0.05) is 46.2 Å². The second-order valence-corrected chi connectivity index (χ2v) is 8.11. The van der Waals surface area contributed by atoms with Gasteiger partial charge in [0.05, 0.1) is 26.1 Å². The first kappa shape index (κ1) is 20.7. The summed E-state index contributed by atoms with van der Waals surface area (Å²) in [6.45, 7) is 6.83. The average molecular weight is 470 g/mol. The SMILES string of the molecule is CCOc1cc2occ(-c3ccc(Br)cc3)c2cc1/C(C)=C/C(=O)N1CCOCC1. The van der Waals surface area contributed by atoms with E-state index in [1.165, 1.54) is 0 Å². The minimum atomic E-state index is -0.00123. The van der Waals surface area contributed by atoms with Crippen molar-refractivity contribution in [2.45, 2.75) is 13.8 Å². The molecule has 1 aliphatic rings. The number of furan rings is 1. The lowest BCUT2D eigenvalue weighted by Gasteiger charge is -2.26. The lowest BCUT2D eigenvalue weighted by Crippen LogP contribution is -2.39. The first-order valence-corrected chi connectivity index (χ1v) is 10.9. The van der Waals surface area contributed by atoms with Gasteiger partial charge in [-0.3, -0.25) is 4.79 Å². The summed E-state index contributed by atoms with van der Waals surface area (Å²) >= 11 is 3.48. The molecule has 0 radical (unpaired) electrons. The molecule has 1 aromatic heterocycles. The second kappa shape index (κ2) is 9.06. The van der Waals surface area contributed by atoms with Gasteiger partial charge in [-0.05, 0) is 43.2 Å². The van der Waals surface area contributed by atoms with Crippen molar-refractivity contribution >= 4 is 38.4 Å². The third-order valence-electron chi connectivity index (χ3n) is 5.22. The molecule has 0 saturated carbocycles. The van der Waals surface area contributed by atoms with Crippen LogP contribution in [0.5, 0.6) is 5.75 Å². The van der Waals surface area contributed by atoms with Gasteiger partial charge in [-0.1, -0.05) is 28.1 Å². The van der Waals surface area contributed by atoms with E-state index in [1.54, 1.807) is 12.3 Å². The number of nitrogens with zero attached hydrogens (tertiary/aromatic N) is 1. The van der Waals surface area contributed by atoms with E-state index in [0.717, 1.165) is 37.7 Å². The maximum absolute atomic E-state index is 12.7. The number of rotatable bonds is 5. The summed E-state index contributed by atoms with van der Waals surface area (Å²) in [5.41, 5.74) is 4.59. The minimum Gasteiger partial charge on any atom is -0.493 e. The number of hydrogen-bond acceptors (Lipinski definition) is 4. The molecule has 1 saturated heterocycles. The first-order chi connectivity index (χ1) is 14.6. The molecular formula is C24H24BrNO4. The van der Waals surface area contributed by atoms with Crippen molar-refractivity contribution in [3.63, 3.8) is 0 Å². The molecule has 0 unspecified atom stereocenters. The number of ether oxygens (including phenoxy) is 2. The zero-order valence-electron chi connectivity index (χ0n) is 17.1. The van der Waals surface area contributed by atoms with Crippen LogP contribution in [0.1, 0.15) is 19.4 Å². The van der Waals surface area contributed by atoms with Crippen molar-refractivity contribution < 1.29 is 18.7 Å². The predicted molar refractivity (Wildman–Crippen MR) is 122 cm³/mol. The first-order valence-electron chi connectivity index (χ1n) is 10.1. The number of hydrogen-bond donors (Lipinski definition) is 0. The smallest absolute Gasteiger partial charge is 0.247 e. The van der Waals surface area contributed by atoms with Crippen molar-refractivity contribution in [2.24, 2.45) is 0 Å². The minimum absolute atomic E-state index is 0.00123. The molecule has 156 valence electrons. The highest BCUT2D eigenvalue weighted by atomic mass is 79.9. The fraction of sp³-hybridized carbons (Fsp3) is 0.292. The molecule has 6 heteroatoms. The number of allylic oxidation sites excluding steroid dienone is 1. The normalized spacial score (nSPS) is 14.9. The van der Waals surface area contributed by atoms with E-state index < -0.39 is 0 Å².